The van der Waals surface area contributed by atoms with Gasteiger partial charge in [-0.15, -0.1) is 0 Å². The number of carbonyl (C=O) groups is 2. The van der Waals surface area contributed by atoms with E-state index >= 15 is 0 Å². The first kappa shape index (κ1) is 20.4. The number of nitrogens with one attached hydrogen (secondary N) is 2. The molecule has 2 N–H and O–H groups in total. The second-order valence-electron chi connectivity index (χ2n) is 6.63. The SMILES string of the molecule is O=C(Cn1ncc(=O)c2ccccc21)Nc1cccc(C(=O)Nc2ccc(Br)cn2)c1. The van der Waals surface area contributed by atoms with Gasteiger partial charge in [0.1, 0.15) is 12.4 Å². The van der Waals surface area contributed by atoms with E-state index in [0.29, 0.717) is 28.0 Å². The average molecular weight is 478 g/mol. The molecule has 2 amide bonds. The van der Waals surface area contributed by atoms with Gasteiger partial charge in [0.25, 0.3) is 5.91 Å². The quantitative estimate of drug-likeness (QED) is 0.457. The highest BCUT2D eigenvalue weighted by molar-refractivity contribution is 9.10. The predicted molar refractivity (Wildman–Crippen MR) is 121 cm³/mol. The first-order valence-corrected chi connectivity index (χ1v) is 10.1. The zero-order valence-electron chi connectivity index (χ0n) is 16.1. The Morgan fingerprint density at radius 3 is 2.61 bits per heavy atom. The molecule has 0 atom stereocenters. The lowest BCUT2D eigenvalue weighted by molar-refractivity contribution is -0.116. The van der Waals surface area contributed by atoms with Gasteiger partial charge in [-0.2, -0.15) is 5.10 Å². The van der Waals surface area contributed by atoms with Crippen LogP contribution < -0.4 is 16.1 Å². The van der Waals surface area contributed by atoms with Crippen molar-refractivity contribution in [2.45, 2.75) is 6.54 Å². The van der Waals surface area contributed by atoms with Crippen LogP contribution in [0.15, 0.2) is 82.3 Å². The standard InChI is InChI=1S/C22H16BrN5O3/c23-15-8-9-20(24-11-15)27-22(31)14-4-3-5-16(10-14)26-21(30)13-28-18-7-2-1-6-17(18)19(29)12-25-28/h1-12H,13H2,(H,26,30)(H,24,27,31). The van der Waals surface area contributed by atoms with Crippen LogP contribution in [0.4, 0.5) is 11.5 Å². The van der Waals surface area contributed by atoms with Crippen LogP contribution in [0.1, 0.15) is 10.4 Å². The second-order valence-corrected chi connectivity index (χ2v) is 7.54. The highest BCUT2D eigenvalue weighted by Gasteiger charge is 2.11. The molecule has 0 radical (unpaired) electrons. The van der Waals surface area contributed by atoms with Crippen LogP contribution in [0, 0.1) is 0 Å². The number of aromatic nitrogens is 3. The fraction of sp³-hybridized carbons (Fsp3) is 0.0455. The fourth-order valence-electron chi connectivity index (χ4n) is 3.00. The van der Waals surface area contributed by atoms with Crippen LogP contribution in [0.3, 0.4) is 0 Å². The summed E-state index contributed by atoms with van der Waals surface area (Å²) in [5.74, 6) is -0.272. The summed E-state index contributed by atoms with van der Waals surface area (Å²) in [5, 5.41) is 10.0. The van der Waals surface area contributed by atoms with Gasteiger partial charge in [-0.1, -0.05) is 18.2 Å². The summed E-state index contributed by atoms with van der Waals surface area (Å²) in [6, 6.07) is 17.0. The van der Waals surface area contributed by atoms with Crippen LogP contribution in [0.25, 0.3) is 10.9 Å². The van der Waals surface area contributed by atoms with Crippen molar-refractivity contribution in [1.29, 1.82) is 0 Å². The molecular weight excluding hydrogens is 462 g/mol. The molecule has 0 spiro atoms. The minimum atomic E-state index is -0.348. The van der Waals surface area contributed by atoms with Crippen LogP contribution in [-0.4, -0.2) is 26.6 Å². The fourth-order valence-corrected chi connectivity index (χ4v) is 3.23. The largest absolute Gasteiger partial charge is 0.324 e. The van der Waals surface area contributed by atoms with Crippen LogP contribution in [-0.2, 0) is 11.3 Å². The van der Waals surface area contributed by atoms with Gasteiger partial charge in [0.2, 0.25) is 11.3 Å². The van der Waals surface area contributed by atoms with Crippen molar-refractivity contribution in [3.63, 3.8) is 0 Å². The van der Waals surface area contributed by atoms with E-state index < -0.39 is 0 Å². The molecule has 0 aliphatic rings. The molecule has 8 nitrogen and oxygen atoms in total. The Kier molecular flexibility index (Phi) is 5.85. The molecule has 31 heavy (non-hydrogen) atoms. The maximum Gasteiger partial charge on any atom is 0.256 e. The third-order valence-corrected chi connectivity index (χ3v) is 4.90. The monoisotopic (exact) mass is 477 g/mol. The minimum Gasteiger partial charge on any atom is -0.324 e. The van der Waals surface area contributed by atoms with E-state index in [9.17, 15) is 14.4 Å². The first-order chi connectivity index (χ1) is 15.0. The predicted octanol–water partition coefficient (Wildman–Crippen LogP) is 3.45. The van der Waals surface area contributed by atoms with Crippen molar-refractivity contribution in [2.75, 3.05) is 10.6 Å². The highest BCUT2D eigenvalue weighted by atomic mass is 79.9. The number of carbonyl (C=O) groups excluding carboxylic acids is 2. The number of hydrogen-bond acceptors (Lipinski definition) is 5. The number of pyridine rings is 1. The number of para-hydroxylation sites is 1. The molecule has 154 valence electrons. The molecule has 4 rings (SSSR count). The van der Waals surface area contributed by atoms with Crippen LogP contribution >= 0.6 is 15.9 Å². The number of anilines is 2. The molecular formula is C22H16BrN5O3. The lowest BCUT2D eigenvalue weighted by atomic mass is 10.2. The van der Waals surface area contributed by atoms with Crippen molar-refractivity contribution in [2.24, 2.45) is 0 Å². The molecule has 2 aromatic heterocycles. The molecule has 0 fully saturated rings. The van der Waals surface area contributed by atoms with Crippen molar-refractivity contribution >= 4 is 50.2 Å². The number of fused-ring (bicyclic) bond motifs is 1. The summed E-state index contributed by atoms with van der Waals surface area (Å²) < 4.78 is 2.27. The first-order valence-electron chi connectivity index (χ1n) is 9.27. The molecule has 0 saturated carbocycles. The van der Waals surface area contributed by atoms with Crippen molar-refractivity contribution in [3.8, 4) is 0 Å². The number of nitrogens with zero attached hydrogens (tertiary/aromatic N) is 3. The molecule has 0 saturated heterocycles. The third-order valence-electron chi connectivity index (χ3n) is 4.43. The van der Waals surface area contributed by atoms with E-state index in [2.05, 4.69) is 36.6 Å². The number of rotatable bonds is 5. The Balaban J connectivity index is 1.47. The van der Waals surface area contributed by atoms with Crippen LogP contribution in [0.5, 0.6) is 0 Å². The molecule has 0 aliphatic heterocycles. The van der Waals surface area contributed by atoms with Crippen molar-refractivity contribution in [3.05, 3.63) is 93.3 Å². The van der Waals surface area contributed by atoms with Gasteiger partial charge in [0, 0.05) is 27.3 Å². The Morgan fingerprint density at radius 2 is 1.81 bits per heavy atom. The molecule has 0 bridgehead atoms. The Bertz CT molecular complexity index is 1340. The normalized spacial score (nSPS) is 10.6. The van der Waals surface area contributed by atoms with Crippen LogP contribution in [0.2, 0.25) is 0 Å². The molecule has 2 aromatic carbocycles. The number of benzene rings is 2. The van der Waals surface area contributed by atoms with E-state index in [1.165, 1.54) is 10.9 Å². The summed E-state index contributed by atoms with van der Waals surface area (Å²) in [4.78, 5) is 41.1. The summed E-state index contributed by atoms with van der Waals surface area (Å²) >= 11 is 3.29. The summed E-state index contributed by atoms with van der Waals surface area (Å²) in [6.45, 7) is -0.0833. The maximum atomic E-state index is 12.5. The van der Waals surface area contributed by atoms with Gasteiger partial charge in [-0.25, -0.2) is 4.98 Å². The number of hydrogen-bond donors (Lipinski definition) is 2. The maximum absolute atomic E-state index is 12.5. The van der Waals surface area contributed by atoms with Gasteiger partial charge < -0.3 is 10.6 Å². The van der Waals surface area contributed by atoms with Gasteiger partial charge in [-0.3, -0.25) is 19.1 Å². The van der Waals surface area contributed by atoms with Gasteiger partial charge >= 0.3 is 0 Å². The zero-order valence-corrected chi connectivity index (χ0v) is 17.7. The highest BCUT2D eigenvalue weighted by Crippen LogP contribution is 2.15. The van der Waals surface area contributed by atoms with Crippen molar-refractivity contribution < 1.29 is 9.59 Å². The van der Waals surface area contributed by atoms with Gasteiger partial charge in [0.05, 0.1) is 11.7 Å². The lowest BCUT2D eigenvalue weighted by Gasteiger charge is -2.11. The van der Waals surface area contributed by atoms with Gasteiger partial charge in [-0.05, 0) is 58.4 Å². The summed E-state index contributed by atoms with van der Waals surface area (Å²) in [7, 11) is 0. The van der Waals surface area contributed by atoms with E-state index in [0.717, 1.165) is 4.47 Å². The second kappa shape index (κ2) is 8.88. The topological polar surface area (TPSA) is 106 Å². The Labute approximate surface area is 185 Å². The lowest BCUT2D eigenvalue weighted by Crippen LogP contribution is -2.22. The molecule has 0 aliphatic carbocycles. The van der Waals surface area contributed by atoms with Gasteiger partial charge in [0.15, 0.2) is 0 Å². The van der Waals surface area contributed by atoms with E-state index in [1.807, 2.05) is 0 Å². The Hall–Kier alpha value is -3.85. The smallest absolute Gasteiger partial charge is 0.256 e. The molecule has 4 aromatic rings. The Morgan fingerprint density at radius 1 is 0.968 bits per heavy atom. The average Bonchev–Trinajstić information content (AvgIpc) is 2.77. The summed E-state index contributed by atoms with van der Waals surface area (Å²) in [5.41, 5.74) is 1.20. The summed E-state index contributed by atoms with van der Waals surface area (Å²) in [6.07, 6.45) is 2.78. The van der Waals surface area contributed by atoms with E-state index in [-0.39, 0.29) is 23.8 Å². The van der Waals surface area contributed by atoms with Crippen molar-refractivity contribution in [1.82, 2.24) is 14.8 Å². The number of amides is 2. The zero-order chi connectivity index (χ0) is 21.8. The number of halogens is 1. The van der Waals surface area contributed by atoms with E-state index in [1.54, 1.807) is 66.9 Å². The van der Waals surface area contributed by atoms with E-state index in [4.69, 9.17) is 0 Å². The third kappa shape index (κ3) is 4.84. The molecule has 9 heteroatoms. The molecule has 0 unspecified atom stereocenters. The minimum absolute atomic E-state index is 0.0833. The molecule has 2 heterocycles.